The quantitative estimate of drug-likeness (QED) is 0.658. The van der Waals surface area contributed by atoms with Crippen molar-refractivity contribution < 1.29 is 19.8 Å². The molecule has 0 saturated heterocycles. The average molecular weight is 270 g/mol. The molecule has 0 amide bonds. The molecule has 0 fully saturated rings. The van der Waals surface area contributed by atoms with Gasteiger partial charge in [-0.1, -0.05) is 13.8 Å². The van der Waals surface area contributed by atoms with Gasteiger partial charge in [0.15, 0.2) is 11.6 Å². The number of phenols is 2. The summed E-state index contributed by atoms with van der Waals surface area (Å²) in [4.78, 5) is 24.3. The van der Waals surface area contributed by atoms with E-state index in [2.05, 4.69) is 0 Å². The Labute approximate surface area is 116 Å². The standard InChI is InChI=1S/C14H8O4.C2H6/c15-7-1-3-9-11(5-7)14(18)10-4-2-8(16)6-12(10)13(9)17;1-2/h1-6,15-16H;1-2H3. The van der Waals surface area contributed by atoms with Gasteiger partial charge in [0, 0.05) is 22.3 Å². The molecule has 0 heterocycles. The Kier molecular flexibility index (Phi) is 3.57. The molecule has 0 radical (unpaired) electrons. The number of fused-ring (bicyclic) bond motifs is 2. The molecule has 4 heteroatoms. The summed E-state index contributed by atoms with van der Waals surface area (Å²) in [5.74, 6) is -0.764. The fourth-order valence-electron chi connectivity index (χ4n) is 2.13. The first-order valence-electron chi connectivity index (χ1n) is 6.33. The van der Waals surface area contributed by atoms with Crippen LogP contribution in [0.25, 0.3) is 0 Å². The third-order valence-corrected chi connectivity index (χ3v) is 2.98. The van der Waals surface area contributed by atoms with Gasteiger partial charge in [0.2, 0.25) is 0 Å². The van der Waals surface area contributed by atoms with Crippen LogP contribution in [0.1, 0.15) is 45.7 Å². The number of aromatic hydroxyl groups is 2. The van der Waals surface area contributed by atoms with Gasteiger partial charge in [-0.15, -0.1) is 0 Å². The smallest absolute Gasteiger partial charge is 0.194 e. The van der Waals surface area contributed by atoms with Gasteiger partial charge in [-0.05, 0) is 36.4 Å². The van der Waals surface area contributed by atoms with Gasteiger partial charge in [-0.2, -0.15) is 0 Å². The summed E-state index contributed by atoms with van der Waals surface area (Å²) in [6.07, 6.45) is 0. The maximum Gasteiger partial charge on any atom is 0.194 e. The summed E-state index contributed by atoms with van der Waals surface area (Å²) in [6.45, 7) is 4.00. The third-order valence-electron chi connectivity index (χ3n) is 2.98. The molecule has 2 aromatic rings. The van der Waals surface area contributed by atoms with E-state index in [1.54, 1.807) is 0 Å². The molecule has 0 atom stereocenters. The van der Waals surface area contributed by atoms with Crippen LogP contribution in [0, 0.1) is 0 Å². The number of carbonyl (C=O) groups excluding carboxylic acids is 2. The van der Waals surface area contributed by atoms with Crippen molar-refractivity contribution in [1.29, 1.82) is 0 Å². The largest absolute Gasteiger partial charge is 0.508 e. The minimum absolute atomic E-state index is 0.0582. The van der Waals surface area contributed by atoms with Crippen molar-refractivity contribution in [1.82, 2.24) is 0 Å². The molecular weight excluding hydrogens is 256 g/mol. The Balaban J connectivity index is 0.000000704. The highest BCUT2D eigenvalue weighted by molar-refractivity contribution is 6.28. The second-order valence-electron chi connectivity index (χ2n) is 4.12. The van der Waals surface area contributed by atoms with E-state index in [1.165, 1.54) is 36.4 Å². The van der Waals surface area contributed by atoms with E-state index in [4.69, 9.17) is 0 Å². The van der Waals surface area contributed by atoms with Crippen LogP contribution in [-0.2, 0) is 0 Å². The molecule has 3 rings (SSSR count). The number of hydrogen-bond donors (Lipinski definition) is 2. The average Bonchev–Trinajstić information content (AvgIpc) is 2.46. The van der Waals surface area contributed by atoms with Gasteiger partial charge in [-0.3, -0.25) is 9.59 Å². The van der Waals surface area contributed by atoms with Crippen LogP contribution in [0.3, 0.4) is 0 Å². The van der Waals surface area contributed by atoms with Crippen LogP contribution >= 0.6 is 0 Å². The molecule has 1 aliphatic rings. The molecule has 0 saturated carbocycles. The number of rotatable bonds is 0. The van der Waals surface area contributed by atoms with Crippen LogP contribution in [-0.4, -0.2) is 21.8 Å². The van der Waals surface area contributed by atoms with E-state index >= 15 is 0 Å². The van der Waals surface area contributed by atoms with Crippen molar-refractivity contribution in [2.75, 3.05) is 0 Å². The summed E-state index contributed by atoms with van der Waals surface area (Å²) in [6, 6.07) is 8.11. The van der Waals surface area contributed by atoms with Gasteiger partial charge < -0.3 is 10.2 Å². The number of ketones is 2. The number of hydrogen-bond acceptors (Lipinski definition) is 4. The highest BCUT2D eigenvalue weighted by atomic mass is 16.3. The van der Waals surface area contributed by atoms with Crippen molar-refractivity contribution in [3.63, 3.8) is 0 Å². The Morgan fingerprint density at radius 2 is 1.00 bits per heavy atom. The fourth-order valence-corrected chi connectivity index (χ4v) is 2.13. The van der Waals surface area contributed by atoms with E-state index in [1.807, 2.05) is 13.8 Å². The second kappa shape index (κ2) is 5.17. The Morgan fingerprint density at radius 1 is 0.650 bits per heavy atom. The molecule has 0 bridgehead atoms. The van der Waals surface area contributed by atoms with Gasteiger partial charge in [0.25, 0.3) is 0 Å². The zero-order chi connectivity index (χ0) is 14.9. The highest BCUT2D eigenvalue weighted by Crippen LogP contribution is 2.31. The lowest BCUT2D eigenvalue weighted by Gasteiger charge is -2.17. The van der Waals surface area contributed by atoms with Crippen LogP contribution in [0.2, 0.25) is 0 Å². The first-order chi connectivity index (χ1) is 9.58. The van der Waals surface area contributed by atoms with E-state index in [0.717, 1.165) is 0 Å². The molecule has 0 unspecified atom stereocenters. The minimum atomic E-state index is -0.324. The van der Waals surface area contributed by atoms with E-state index in [-0.39, 0.29) is 45.3 Å². The Hall–Kier alpha value is -2.62. The first-order valence-corrected chi connectivity index (χ1v) is 6.33. The van der Waals surface area contributed by atoms with Crippen molar-refractivity contribution in [3.8, 4) is 11.5 Å². The van der Waals surface area contributed by atoms with E-state index in [0.29, 0.717) is 0 Å². The molecule has 0 spiro atoms. The van der Waals surface area contributed by atoms with Crippen LogP contribution < -0.4 is 0 Å². The molecular formula is C16H14O4. The Morgan fingerprint density at radius 3 is 1.35 bits per heavy atom. The minimum Gasteiger partial charge on any atom is -0.508 e. The number of carbonyl (C=O) groups is 2. The highest BCUT2D eigenvalue weighted by Gasteiger charge is 2.29. The SMILES string of the molecule is CC.O=C1c2ccc(O)cc2C(=O)c2ccc(O)cc21. The monoisotopic (exact) mass is 270 g/mol. The summed E-state index contributed by atoms with van der Waals surface area (Å²) in [7, 11) is 0. The lowest BCUT2D eigenvalue weighted by molar-refractivity contribution is 0.0978. The van der Waals surface area contributed by atoms with Gasteiger partial charge in [0.1, 0.15) is 11.5 Å². The van der Waals surface area contributed by atoms with Crippen molar-refractivity contribution in [3.05, 3.63) is 58.7 Å². The van der Waals surface area contributed by atoms with Gasteiger partial charge in [0.05, 0.1) is 0 Å². The molecule has 0 aliphatic heterocycles. The van der Waals surface area contributed by atoms with Crippen LogP contribution in [0.5, 0.6) is 11.5 Å². The lowest BCUT2D eigenvalue weighted by Crippen LogP contribution is -2.20. The third kappa shape index (κ3) is 2.05. The summed E-state index contributed by atoms with van der Waals surface area (Å²) in [5.41, 5.74) is 0.878. The molecule has 102 valence electrons. The Bertz CT molecular complexity index is 640. The maximum atomic E-state index is 12.2. The maximum absolute atomic E-state index is 12.2. The number of phenolic OH excluding ortho intramolecular Hbond substituents is 2. The summed E-state index contributed by atoms with van der Waals surface area (Å²) >= 11 is 0. The van der Waals surface area contributed by atoms with Gasteiger partial charge >= 0.3 is 0 Å². The predicted octanol–water partition coefficient (Wildman–Crippen LogP) is 2.90. The summed E-state index contributed by atoms with van der Waals surface area (Å²) in [5, 5.41) is 18.8. The lowest BCUT2D eigenvalue weighted by atomic mass is 9.84. The van der Waals surface area contributed by atoms with Crippen LogP contribution in [0.4, 0.5) is 0 Å². The topological polar surface area (TPSA) is 74.6 Å². The van der Waals surface area contributed by atoms with E-state index in [9.17, 15) is 19.8 Å². The normalized spacial score (nSPS) is 12.1. The van der Waals surface area contributed by atoms with Crippen molar-refractivity contribution in [2.24, 2.45) is 0 Å². The molecule has 4 nitrogen and oxygen atoms in total. The molecule has 0 aromatic heterocycles. The number of benzene rings is 2. The van der Waals surface area contributed by atoms with Crippen molar-refractivity contribution >= 4 is 11.6 Å². The molecule has 1 aliphatic carbocycles. The predicted molar refractivity (Wildman–Crippen MR) is 74.4 cm³/mol. The van der Waals surface area contributed by atoms with Crippen LogP contribution in [0.15, 0.2) is 36.4 Å². The van der Waals surface area contributed by atoms with Gasteiger partial charge in [-0.25, -0.2) is 0 Å². The molecule has 2 N–H and O–H groups in total. The zero-order valence-corrected chi connectivity index (χ0v) is 11.2. The summed E-state index contributed by atoms with van der Waals surface area (Å²) < 4.78 is 0. The zero-order valence-electron chi connectivity index (χ0n) is 11.2. The first kappa shape index (κ1) is 13.8. The second-order valence-corrected chi connectivity index (χ2v) is 4.12. The van der Waals surface area contributed by atoms with Crippen molar-refractivity contribution in [2.45, 2.75) is 13.8 Å². The molecule has 2 aromatic carbocycles. The van der Waals surface area contributed by atoms with E-state index < -0.39 is 0 Å². The molecule has 20 heavy (non-hydrogen) atoms. The fraction of sp³-hybridized carbons (Fsp3) is 0.125.